The number of rotatable bonds is 2. The number of carbonyl (C=O) groups is 1. The minimum atomic E-state index is 0.0185. The molecular formula is C16H16O. The van der Waals surface area contributed by atoms with Crippen LogP contribution in [0.25, 0.3) is 11.1 Å². The molecule has 2 aromatic rings. The molecule has 2 rings (SSSR count). The first kappa shape index (κ1) is 12.9. The van der Waals surface area contributed by atoms with Gasteiger partial charge in [-0.05, 0) is 24.1 Å². The third-order valence-corrected chi connectivity index (χ3v) is 2.17. The number of hydrogen-bond donors (Lipinski definition) is 0. The lowest BCUT2D eigenvalue weighted by atomic mass is 10.1. The van der Waals surface area contributed by atoms with Gasteiger partial charge in [-0.3, -0.25) is 4.79 Å². The molecule has 0 N–H and O–H groups in total. The van der Waals surface area contributed by atoms with E-state index in [1.807, 2.05) is 12.1 Å². The monoisotopic (exact) mass is 224 g/mol. The molecule has 2 aromatic carbocycles. The SMILES string of the molecule is C=CC(C)=O.c1ccc(-c2ccccc2)cc1. The number of hydrogen-bond acceptors (Lipinski definition) is 1. The maximum atomic E-state index is 9.69. The van der Waals surface area contributed by atoms with Gasteiger partial charge in [-0.15, -0.1) is 0 Å². The lowest BCUT2D eigenvalue weighted by Crippen LogP contribution is -1.74. The van der Waals surface area contributed by atoms with Crippen molar-refractivity contribution in [2.45, 2.75) is 6.92 Å². The van der Waals surface area contributed by atoms with E-state index in [2.05, 4.69) is 55.1 Å². The molecule has 0 saturated carbocycles. The van der Waals surface area contributed by atoms with Crippen molar-refractivity contribution in [3.63, 3.8) is 0 Å². The van der Waals surface area contributed by atoms with E-state index in [-0.39, 0.29) is 5.78 Å². The van der Waals surface area contributed by atoms with Crippen molar-refractivity contribution in [1.82, 2.24) is 0 Å². The minimum Gasteiger partial charge on any atom is -0.295 e. The summed E-state index contributed by atoms with van der Waals surface area (Å²) in [6, 6.07) is 20.8. The average Bonchev–Trinajstić information content (AvgIpc) is 2.41. The summed E-state index contributed by atoms with van der Waals surface area (Å²) in [5.41, 5.74) is 2.55. The Morgan fingerprint density at radius 2 is 1.18 bits per heavy atom. The molecular weight excluding hydrogens is 208 g/mol. The highest BCUT2D eigenvalue weighted by Gasteiger charge is 1.91. The van der Waals surface area contributed by atoms with E-state index in [1.165, 1.54) is 24.1 Å². The van der Waals surface area contributed by atoms with Gasteiger partial charge >= 0.3 is 0 Å². The fourth-order valence-electron chi connectivity index (χ4n) is 1.26. The molecule has 0 radical (unpaired) electrons. The van der Waals surface area contributed by atoms with Gasteiger partial charge in [-0.2, -0.15) is 0 Å². The van der Waals surface area contributed by atoms with Gasteiger partial charge in [-0.1, -0.05) is 67.2 Å². The highest BCUT2D eigenvalue weighted by molar-refractivity contribution is 5.86. The van der Waals surface area contributed by atoms with Crippen molar-refractivity contribution >= 4 is 5.78 Å². The molecule has 86 valence electrons. The largest absolute Gasteiger partial charge is 0.295 e. The average molecular weight is 224 g/mol. The fraction of sp³-hybridized carbons (Fsp3) is 0.0625. The van der Waals surface area contributed by atoms with Crippen LogP contribution in [-0.2, 0) is 4.79 Å². The van der Waals surface area contributed by atoms with Gasteiger partial charge in [-0.25, -0.2) is 0 Å². The second kappa shape index (κ2) is 7.18. The number of benzene rings is 2. The summed E-state index contributed by atoms with van der Waals surface area (Å²) >= 11 is 0. The summed E-state index contributed by atoms with van der Waals surface area (Å²) < 4.78 is 0. The van der Waals surface area contributed by atoms with Crippen LogP contribution in [0.3, 0.4) is 0 Å². The van der Waals surface area contributed by atoms with Gasteiger partial charge in [0.2, 0.25) is 0 Å². The maximum absolute atomic E-state index is 9.69. The van der Waals surface area contributed by atoms with Crippen molar-refractivity contribution in [1.29, 1.82) is 0 Å². The topological polar surface area (TPSA) is 17.1 Å². The van der Waals surface area contributed by atoms with Gasteiger partial charge in [0.25, 0.3) is 0 Å². The van der Waals surface area contributed by atoms with Crippen LogP contribution in [0.15, 0.2) is 73.3 Å². The molecule has 1 nitrogen and oxygen atoms in total. The third-order valence-electron chi connectivity index (χ3n) is 2.17. The molecule has 0 aliphatic heterocycles. The Labute approximate surface area is 102 Å². The summed E-state index contributed by atoms with van der Waals surface area (Å²) in [4.78, 5) is 9.69. The molecule has 0 fully saturated rings. The number of ketones is 1. The molecule has 1 heteroatoms. The standard InChI is InChI=1S/C12H10.C4H6O/c1-3-7-11(8-4-1)12-9-5-2-6-10-12;1-3-4(2)5/h1-10H;3H,1H2,2H3. The fourth-order valence-corrected chi connectivity index (χ4v) is 1.26. The second-order valence-electron chi connectivity index (χ2n) is 3.55. The third kappa shape index (κ3) is 4.94. The molecule has 0 saturated heterocycles. The first-order valence-corrected chi connectivity index (χ1v) is 5.47. The smallest absolute Gasteiger partial charge is 0.152 e. The van der Waals surface area contributed by atoms with Gasteiger partial charge in [0.15, 0.2) is 5.78 Å². The summed E-state index contributed by atoms with van der Waals surface area (Å²) in [6.07, 6.45) is 1.28. The van der Waals surface area contributed by atoms with E-state index in [4.69, 9.17) is 0 Å². The van der Waals surface area contributed by atoms with E-state index in [9.17, 15) is 4.79 Å². The molecule has 0 atom stereocenters. The molecule has 0 aliphatic carbocycles. The molecule has 0 spiro atoms. The number of allylic oxidation sites excluding steroid dienone is 1. The lowest BCUT2D eigenvalue weighted by molar-refractivity contribution is -0.112. The van der Waals surface area contributed by atoms with Crippen LogP contribution in [-0.4, -0.2) is 5.78 Å². The van der Waals surface area contributed by atoms with E-state index < -0.39 is 0 Å². The summed E-state index contributed by atoms with van der Waals surface area (Å²) in [6.45, 7) is 4.68. The minimum absolute atomic E-state index is 0.0185. The van der Waals surface area contributed by atoms with Crippen LogP contribution >= 0.6 is 0 Å². The van der Waals surface area contributed by atoms with E-state index in [0.717, 1.165) is 0 Å². The summed E-state index contributed by atoms with van der Waals surface area (Å²) in [7, 11) is 0. The normalized spacial score (nSPS) is 8.76. The van der Waals surface area contributed by atoms with Crippen molar-refractivity contribution in [3.8, 4) is 11.1 Å². The van der Waals surface area contributed by atoms with Crippen molar-refractivity contribution in [2.75, 3.05) is 0 Å². The highest BCUT2D eigenvalue weighted by Crippen LogP contribution is 2.17. The molecule has 0 amide bonds. The molecule has 0 unspecified atom stereocenters. The van der Waals surface area contributed by atoms with Gasteiger partial charge < -0.3 is 0 Å². The quantitative estimate of drug-likeness (QED) is 0.701. The zero-order valence-electron chi connectivity index (χ0n) is 9.97. The van der Waals surface area contributed by atoms with E-state index in [1.54, 1.807) is 0 Å². The van der Waals surface area contributed by atoms with Gasteiger partial charge in [0, 0.05) is 0 Å². The predicted molar refractivity (Wildman–Crippen MR) is 72.8 cm³/mol. The van der Waals surface area contributed by atoms with Gasteiger partial charge in [0.05, 0.1) is 0 Å². The predicted octanol–water partition coefficient (Wildman–Crippen LogP) is 4.12. The van der Waals surface area contributed by atoms with Crippen LogP contribution in [0.2, 0.25) is 0 Å². The van der Waals surface area contributed by atoms with Crippen LogP contribution in [0.1, 0.15) is 6.92 Å². The Morgan fingerprint density at radius 3 is 1.41 bits per heavy atom. The molecule has 0 aliphatic rings. The van der Waals surface area contributed by atoms with Crippen molar-refractivity contribution in [3.05, 3.63) is 73.3 Å². The van der Waals surface area contributed by atoms with Crippen molar-refractivity contribution < 1.29 is 4.79 Å². The summed E-state index contributed by atoms with van der Waals surface area (Å²) in [5.74, 6) is 0.0185. The molecule has 0 aromatic heterocycles. The Bertz CT molecular complexity index is 420. The Kier molecular flexibility index (Phi) is 5.45. The van der Waals surface area contributed by atoms with Crippen LogP contribution in [0.4, 0.5) is 0 Å². The highest BCUT2D eigenvalue weighted by atomic mass is 16.1. The Balaban J connectivity index is 0.000000249. The van der Waals surface area contributed by atoms with Crippen LogP contribution < -0.4 is 0 Å². The number of carbonyl (C=O) groups excluding carboxylic acids is 1. The molecule has 17 heavy (non-hydrogen) atoms. The Morgan fingerprint density at radius 1 is 0.882 bits per heavy atom. The zero-order valence-corrected chi connectivity index (χ0v) is 9.97. The van der Waals surface area contributed by atoms with Crippen LogP contribution in [0.5, 0.6) is 0 Å². The van der Waals surface area contributed by atoms with Gasteiger partial charge in [0.1, 0.15) is 0 Å². The maximum Gasteiger partial charge on any atom is 0.152 e. The molecule has 0 bridgehead atoms. The first-order valence-electron chi connectivity index (χ1n) is 5.47. The van der Waals surface area contributed by atoms with Crippen molar-refractivity contribution in [2.24, 2.45) is 0 Å². The first-order chi connectivity index (χ1) is 8.24. The second-order valence-corrected chi connectivity index (χ2v) is 3.55. The molecule has 0 heterocycles. The zero-order chi connectivity index (χ0) is 12.5. The lowest BCUT2D eigenvalue weighted by Gasteiger charge is -1.98. The Hall–Kier alpha value is -2.15. The van der Waals surface area contributed by atoms with E-state index in [0.29, 0.717) is 0 Å². The van der Waals surface area contributed by atoms with E-state index >= 15 is 0 Å². The summed E-state index contributed by atoms with van der Waals surface area (Å²) in [5, 5.41) is 0. The van der Waals surface area contributed by atoms with Crippen LogP contribution in [0, 0.1) is 0 Å².